The minimum Gasteiger partial charge on any atom is -0.354 e. The molecule has 1 saturated heterocycles. The Kier molecular flexibility index (Phi) is 12.0. The molecule has 0 spiro atoms. The molecule has 0 aliphatic carbocycles. The SMILES string of the molecule is CC(C)[C@H](N)C(=O)NCCC(=O)N1CCN(C)CC1.Cl.Cl. The van der Waals surface area contributed by atoms with Crippen LogP contribution in [-0.2, 0) is 9.59 Å². The number of nitrogens with zero attached hydrogens (tertiary/aromatic N) is 2. The average Bonchev–Trinajstić information content (AvgIpc) is 2.38. The number of carbonyl (C=O) groups is 2. The van der Waals surface area contributed by atoms with E-state index < -0.39 is 6.04 Å². The largest absolute Gasteiger partial charge is 0.354 e. The second-order valence-corrected chi connectivity index (χ2v) is 5.49. The lowest BCUT2D eigenvalue weighted by atomic mass is 10.1. The summed E-state index contributed by atoms with van der Waals surface area (Å²) in [5.74, 6) is 0.0287. The van der Waals surface area contributed by atoms with Crippen LogP contribution in [0.2, 0.25) is 0 Å². The number of nitrogens with two attached hydrogens (primary N) is 1. The smallest absolute Gasteiger partial charge is 0.237 e. The fraction of sp³-hybridized carbons (Fsp3) is 0.846. The first kappa shape index (κ1) is 22.7. The van der Waals surface area contributed by atoms with Crippen LogP contribution in [0.15, 0.2) is 0 Å². The van der Waals surface area contributed by atoms with Crippen molar-refractivity contribution in [2.45, 2.75) is 26.3 Å². The molecule has 21 heavy (non-hydrogen) atoms. The van der Waals surface area contributed by atoms with Crippen molar-refractivity contribution >= 4 is 36.6 Å². The van der Waals surface area contributed by atoms with Crippen LogP contribution in [0.25, 0.3) is 0 Å². The van der Waals surface area contributed by atoms with Crippen LogP contribution in [0.4, 0.5) is 0 Å². The predicted molar refractivity (Wildman–Crippen MR) is 89.0 cm³/mol. The highest BCUT2D eigenvalue weighted by molar-refractivity contribution is 5.85. The first-order valence-electron chi connectivity index (χ1n) is 6.91. The first-order chi connectivity index (χ1) is 8.91. The molecule has 1 fully saturated rings. The molecule has 3 N–H and O–H groups in total. The quantitative estimate of drug-likeness (QED) is 0.742. The number of likely N-dealkylation sites (N-methyl/N-ethyl adjacent to an activating group) is 1. The summed E-state index contributed by atoms with van der Waals surface area (Å²) in [5, 5.41) is 2.72. The molecule has 2 amide bonds. The van der Waals surface area contributed by atoms with Crippen molar-refractivity contribution in [3.8, 4) is 0 Å². The summed E-state index contributed by atoms with van der Waals surface area (Å²) >= 11 is 0. The normalized spacial score (nSPS) is 16.7. The summed E-state index contributed by atoms with van der Waals surface area (Å²) in [6.07, 6.45) is 0.347. The molecular weight excluding hydrogens is 315 g/mol. The number of piperazine rings is 1. The zero-order valence-corrected chi connectivity index (χ0v) is 14.6. The van der Waals surface area contributed by atoms with Gasteiger partial charge in [0, 0.05) is 39.1 Å². The molecule has 0 unspecified atom stereocenters. The maximum atomic E-state index is 11.9. The lowest BCUT2D eigenvalue weighted by Crippen LogP contribution is -2.48. The molecule has 1 atom stereocenters. The Morgan fingerprint density at radius 3 is 2.14 bits per heavy atom. The van der Waals surface area contributed by atoms with Gasteiger partial charge in [0.2, 0.25) is 11.8 Å². The van der Waals surface area contributed by atoms with E-state index in [1.54, 1.807) is 0 Å². The Labute approximate surface area is 139 Å². The van der Waals surface area contributed by atoms with Crippen LogP contribution in [-0.4, -0.2) is 67.4 Å². The molecule has 0 radical (unpaired) electrons. The molecule has 0 bridgehead atoms. The number of carbonyl (C=O) groups excluding carboxylic acids is 2. The van der Waals surface area contributed by atoms with Gasteiger partial charge in [0.25, 0.3) is 0 Å². The third-order valence-corrected chi connectivity index (χ3v) is 3.52. The molecule has 1 rings (SSSR count). The lowest BCUT2D eigenvalue weighted by molar-refractivity contribution is -0.132. The maximum absolute atomic E-state index is 11.9. The van der Waals surface area contributed by atoms with Crippen LogP contribution in [0, 0.1) is 5.92 Å². The van der Waals surface area contributed by atoms with Gasteiger partial charge in [-0.05, 0) is 13.0 Å². The van der Waals surface area contributed by atoms with E-state index in [2.05, 4.69) is 17.3 Å². The predicted octanol–water partition coefficient (Wildman–Crippen LogP) is 0.0936. The van der Waals surface area contributed by atoms with E-state index in [1.165, 1.54) is 0 Å². The molecule has 0 aromatic heterocycles. The van der Waals surface area contributed by atoms with Gasteiger partial charge in [-0.3, -0.25) is 9.59 Å². The minimum absolute atomic E-state index is 0. The highest BCUT2D eigenvalue weighted by Crippen LogP contribution is 2.02. The second kappa shape index (κ2) is 11.1. The van der Waals surface area contributed by atoms with E-state index in [-0.39, 0.29) is 42.5 Å². The second-order valence-electron chi connectivity index (χ2n) is 5.49. The Morgan fingerprint density at radius 2 is 1.67 bits per heavy atom. The van der Waals surface area contributed by atoms with Gasteiger partial charge in [-0.25, -0.2) is 0 Å². The Hall–Kier alpha value is -0.560. The van der Waals surface area contributed by atoms with Crippen molar-refractivity contribution in [3.05, 3.63) is 0 Å². The number of amides is 2. The number of halogens is 2. The van der Waals surface area contributed by atoms with Gasteiger partial charge in [-0.1, -0.05) is 13.8 Å². The summed E-state index contributed by atoms with van der Waals surface area (Å²) < 4.78 is 0. The third-order valence-electron chi connectivity index (χ3n) is 3.52. The van der Waals surface area contributed by atoms with Gasteiger partial charge < -0.3 is 20.9 Å². The van der Waals surface area contributed by atoms with E-state index in [0.29, 0.717) is 13.0 Å². The molecule has 0 saturated carbocycles. The molecule has 1 aliphatic rings. The highest BCUT2D eigenvalue weighted by atomic mass is 35.5. The number of nitrogens with one attached hydrogen (secondary N) is 1. The van der Waals surface area contributed by atoms with Gasteiger partial charge in [0.05, 0.1) is 6.04 Å². The van der Waals surface area contributed by atoms with Crippen molar-refractivity contribution in [3.63, 3.8) is 0 Å². The van der Waals surface area contributed by atoms with Crippen molar-refractivity contribution < 1.29 is 9.59 Å². The summed E-state index contributed by atoms with van der Waals surface area (Å²) in [6.45, 7) is 7.54. The molecule has 8 heteroatoms. The minimum atomic E-state index is -0.501. The van der Waals surface area contributed by atoms with Crippen LogP contribution in [0.5, 0.6) is 0 Å². The number of hydrogen-bond donors (Lipinski definition) is 2. The Bertz CT molecular complexity index is 321. The summed E-state index contributed by atoms with van der Waals surface area (Å²) in [5.41, 5.74) is 5.72. The van der Waals surface area contributed by atoms with Crippen LogP contribution in [0.1, 0.15) is 20.3 Å². The van der Waals surface area contributed by atoms with Crippen molar-refractivity contribution in [2.75, 3.05) is 39.8 Å². The van der Waals surface area contributed by atoms with E-state index in [9.17, 15) is 9.59 Å². The van der Waals surface area contributed by atoms with Gasteiger partial charge in [0.15, 0.2) is 0 Å². The molecule has 1 heterocycles. The van der Waals surface area contributed by atoms with Gasteiger partial charge in [0.1, 0.15) is 0 Å². The van der Waals surface area contributed by atoms with Crippen molar-refractivity contribution in [1.29, 1.82) is 0 Å². The average molecular weight is 343 g/mol. The zero-order chi connectivity index (χ0) is 14.4. The van der Waals surface area contributed by atoms with Gasteiger partial charge in [-0.15, -0.1) is 24.8 Å². The molecule has 126 valence electrons. The van der Waals surface area contributed by atoms with E-state index in [1.807, 2.05) is 18.7 Å². The van der Waals surface area contributed by atoms with Crippen molar-refractivity contribution in [1.82, 2.24) is 15.1 Å². The first-order valence-corrected chi connectivity index (χ1v) is 6.91. The standard InChI is InChI=1S/C13H26N4O2.2ClH/c1-10(2)12(14)13(19)15-5-4-11(18)17-8-6-16(3)7-9-17;;/h10,12H,4-9,14H2,1-3H3,(H,15,19);2*1H/t12-;;/m0../s1. The molecule has 6 nitrogen and oxygen atoms in total. The lowest BCUT2D eigenvalue weighted by Gasteiger charge is -2.32. The van der Waals surface area contributed by atoms with Crippen molar-refractivity contribution in [2.24, 2.45) is 11.7 Å². The van der Waals surface area contributed by atoms with Gasteiger partial charge >= 0.3 is 0 Å². The molecule has 0 aromatic rings. The van der Waals surface area contributed by atoms with Crippen LogP contribution >= 0.6 is 24.8 Å². The van der Waals surface area contributed by atoms with Gasteiger partial charge in [-0.2, -0.15) is 0 Å². The summed E-state index contributed by atoms with van der Waals surface area (Å²) in [4.78, 5) is 27.6. The fourth-order valence-electron chi connectivity index (χ4n) is 1.93. The Balaban J connectivity index is 0. The van der Waals surface area contributed by atoms with E-state index >= 15 is 0 Å². The maximum Gasteiger partial charge on any atom is 0.237 e. The Morgan fingerprint density at radius 1 is 1.14 bits per heavy atom. The monoisotopic (exact) mass is 342 g/mol. The number of hydrogen-bond acceptors (Lipinski definition) is 4. The highest BCUT2D eigenvalue weighted by Gasteiger charge is 2.20. The summed E-state index contributed by atoms with van der Waals surface area (Å²) in [7, 11) is 2.05. The number of rotatable bonds is 5. The topological polar surface area (TPSA) is 78.7 Å². The zero-order valence-electron chi connectivity index (χ0n) is 13.0. The van der Waals surface area contributed by atoms with Crippen LogP contribution in [0.3, 0.4) is 0 Å². The molecule has 1 aliphatic heterocycles. The van der Waals surface area contributed by atoms with E-state index in [4.69, 9.17) is 5.73 Å². The fourth-order valence-corrected chi connectivity index (χ4v) is 1.93. The summed E-state index contributed by atoms with van der Waals surface area (Å²) in [6, 6.07) is -0.501. The third kappa shape index (κ3) is 7.85. The van der Waals surface area contributed by atoms with E-state index in [0.717, 1.165) is 26.2 Å². The molecule has 0 aromatic carbocycles. The molecular formula is C13H28Cl2N4O2. The van der Waals surface area contributed by atoms with Crippen LogP contribution < -0.4 is 11.1 Å².